The minimum absolute atomic E-state index is 0.759. The summed E-state index contributed by atoms with van der Waals surface area (Å²) >= 11 is 0. The van der Waals surface area contributed by atoms with Crippen molar-refractivity contribution < 1.29 is 4.57 Å². The summed E-state index contributed by atoms with van der Waals surface area (Å²) < 4.78 is 2.24. The van der Waals surface area contributed by atoms with Gasteiger partial charge in [0.25, 0.3) is 0 Å². The molecule has 0 N–H and O–H groups in total. The second-order valence-corrected chi connectivity index (χ2v) is 8.31. The smallest absolute Gasteiger partial charge is 0.200 e. The fourth-order valence-electron chi connectivity index (χ4n) is 4.46. The Hall–Kier alpha value is -2.41. The highest BCUT2D eigenvalue weighted by atomic mass is 14.9. The van der Waals surface area contributed by atoms with Gasteiger partial charge in [-0.3, -0.25) is 0 Å². The molecule has 0 aliphatic heterocycles. The molecule has 0 spiro atoms. The first-order chi connectivity index (χ1) is 13.1. The highest BCUT2D eigenvalue weighted by Gasteiger charge is 2.20. The molecular weight excluding hydrogens is 326 g/mol. The Morgan fingerprint density at radius 1 is 0.778 bits per heavy atom. The summed E-state index contributed by atoms with van der Waals surface area (Å²) in [6.07, 6.45) is 7.70. The predicted octanol–water partition coefficient (Wildman–Crippen LogP) is 6.45. The molecule has 1 heterocycles. The maximum Gasteiger partial charge on any atom is 0.212 e. The van der Waals surface area contributed by atoms with E-state index in [1.807, 2.05) is 0 Å². The molecular formula is C26H30N+. The molecule has 0 radical (unpaired) electrons. The molecule has 1 aliphatic carbocycles. The van der Waals surface area contributed by atoms with Gasteiger partial charge in [-0.25, -0.2) is 4.57 Å². The first-order valence-electron chi connectivity index (χ1n) is 10.3. The molecule has 27 heavy (non-hydrogen) atoms. The van der Waals surface area contributed by atoms with E-state index >= 15 is 0 Å². The number of rotatable bonds is 3. The third kappa shape index (κ3) is 3.83. The van der Waals surface area contributed by atoms with Crippen LogP contribution in [0.3, 0.4) is 0 Å². The summed E-state index contributed by atoms with van der Waals surface area (Å²) in [5.74, 6) is 1.67. The molecule has 2 aromatic carbocycles. The highest BCUT2D eigenvalue weighted by molar-refractivity contribution is 5.66. The van der Waals surface area contributed by atoms with E-state index in [0.29, 0.717) is 0 Å². The quantitative estimate of drug-likeness (QED) is 0.475. The lowest BCUT2D eigenvalue weighted by atomic mass is 9.79. The Bertz CT molecular complexity index is 915. The van der Waals surface area contributed by atoms with Crippen molar-refractivity contribution in [1.82, 2.24) is 0 Å². The summed E-state index contributed by atoms with van der Waals surface area (Å²) in [6, 6.07) is 22.4. The van der Waals surface area contributed by atoms with Crippen molar-refractivity contribution in [2.45, 2.75) is 45.4 Å². The van der Waals surface area contributed by atoms with Crippen LogP contribution in [0, 0.1) is 12.8 Å². The average molecular weight is 357 g/mol. The van der Waals surface area contributed by atoms with Crippen LogP contribution in [0.2, 0.25) is 0 Å². The number of hydrogen-bond donors (Lipinski definition) is 0. The fourth-order valence-corrected chi connectivity index (χ4v) is 4.46. The molecule has 1 heteroatoms. The zero-order valence-electron chi connectivity index (χ0n) is 16.8. The number of pyridine rings is 1. The third-order valence-corrected chi connectivity index (χ3v) is 6.29. The van der Waals surface area contributed by atoms with Crippen molar-refractivity contribution in [2.75, 3.05) is 0 Å². The van der Waals surface area contributed by atoms with Crippen molar-refractivity contribution in [3.63, 3.8) is 0 Å². The summed E-state index contributed by atoms with van der Waals surface area (Å²) in [5.41, 5.74) is 7.96. The largest absolute Gasteiger partial charge is 0.212 e. The third-order valence-electron chi connectivity index (χ3n) is 6.29. The van der Waals surface area contributed by atoms with Gasteiger partial charge in [0.2, 0.25) is 5.69 Å². The van der Waals surface area contributed by atoms with Crippen molar-refractivity contribution in [2.24, 2.45) is 13.0 Å². The first-order valence-corrected chi connectivity index (χ1v) is 10.3. The monoisotopic (exact) mass is 356 g/mol. The highest BCUT2D eigenvalue weighted by Crippen LogP contribution is 2.36. The Kier molecular flexibility index (Phi) is 5.11. The molecule has 0 atom stereocenters. The van der Waals surface area contributed by atoms with Gasteiger partial charge in [-0.05, 0) is 60.4 Å². The normalized spacial score (nSPS) is 19.8. The predicted molar refractivity (Wildman–Crippen MR) is 114 cm³/mol. The summed E-state index contributed by atoms with van der Waals surface area (Å²) in [6.45, 7) is 4.56. The Labute approximate surface area is 163 Å². The second-order valence-electron chi connectivity index (χ2n) is 8.31. The molecule has 0 unspecified atom stereocenters. The molecule has 1 aromatic heterocycles. The second kappa shape index (κ2) is 7.68. The van der Waals surface area contributed by atoms with E-state index in [1.165, 1.54) is 59.2 Å². The molecule has 1 nitrogen and oxygen atoms in total. The molecule has 138 valence electrons. The van der Waals surface area contributed by atoms with Crippen molar-refractivity contribution >= 4 is 0 Å². The van der Waals surface area contributed by atoms with Crippen LogP contribution in [-0.2, 0) is 7.05 Å². The van der Waals surface area contributed by atoms with E-state index in [4.69, 9.17) is 0 Å². The minimum atomic E-state index is 0.759. The number of aromatic nitrogens is 1. The van der Waals surface area contributed by atoms with Gasteiger partial charge in [-0.15, -0.1) is 0 Å². The van der Waals surface area contributed by atoms with Crippen LogP contribution in [0.5, 0.6) is 0 Å². The summed E-state index contributed by atoms with van der Waals surface area (Å²) in [4.78, 5) is 0. The molecule has 1 fully saturated rings. The van der Waals surface area contributed by atoms with Crippen LogP contribution in [0.25, 0.3) is 22.4 Å². The maximum absolute atomic E-state index is 2.39. The molecule has 0 amide bonds. The van der Waals surface area contributed by atoms with Crippen molar-refractivity contribution in [3.8, 4) is 22.4 Å². The maximum atomic E-state index is 2.39. The van der Waals surface area contributed by atoms with E-state index < -0.39 is 0 Å². The zero-order chi connectivity index (χ0) is 18.8. The SMILES string of the molecule is Cc1ccccc1-c1ccc(-c2ccc(C3CCC(C)CC3)cc2)c[n+]1C. The lowest BCUT2D eigenvalue weighted by Gasteiger charge is -2.26. The molecule has 1 aliphatic rings. The minimum Gasteiger partial charge on any atom is -0.200 e. The zero-order valence-corrected chi connectivity index (χ0v) is 16.8. The van der Waals surface area contributed by atoms with Gasteiger partial charge in [0.1, 0.15) is 7.05 Å². The van der Waals surface area contributed by atoms with Gasteiger partial charge >= 0.3 is 0 Å². The number of hydrogen-bond acceptors (Lipinski definition) is 0. The van der Waals surface area contributed by atoms with Gasteiger partial charge in [-0.1, -0.05) is 62.2 Å². The Balaban J connectivity index is 1.57. The van der Waals surface area contributed by atoms with Crippen LogP contribution in [0.4, 0.5) is 0 Å². The lowest BCUT2D eigenvalue weighted by molar-refractivity contribution is -0.659. The summed E-state index contributed by atoms with van der Waals surface area (Å²) in [5, 5.41) is 0. The number of nitrogens with zero attached hydrogens (tertiary/aromatic N) is 1. The Morgan fingerprint density at radius 3 is 2.11 bits per heavy atom. The molecule has 0 bridgehead atoms. The van der Waals surface area contributed by atoms with Crippen LogP contribution < -0.4 is 4.57 Å². The first kappa shape index (κ1) is 18.0. The van der Waals surface area contributed by atoms with Crippen LogP contribution in [0.1, 0.15) is 49.7 Å². The standard InChI is InChI=1S/C26H30N/c1-19-8-10-21(11-9-19)22-12-14-23(15-13-22)24-16-17-26(27(3)18-24)25-7-5-4-6-20(25)2/h4-7,12-19,21H,8-11H2,1-3H3/q+1. The van der Waals surface area contributed by atoms with Gasteiger partial charge in [0, 0.05) is 17.2 Å². The van der Waals surface area contributed by atoms with E-state index in [-0.39, 0.29) is 0 Å². The summed E-state index contributed by atoms with van der Waals surface area (Å²) in [7, 11) is 2.14. The molecule has 4 rings (SSSR count). The van der Waals surface area contributed by atoms with Gasteiger partial charge < -0.3 is 0 Å². The Morgan fingerprint density at radius 2 is 1.44 bits per heavy atom. The molecule has 0 saturated heterocycles. The van der Waals surface area contributed by atoms with Crippen molar-refractivity contribution in [1.29, 1.82) is 0 Å². The number of aryl methyl sites for hydroxylation is 2. The van der Waals surface area contributed by atoms with E-state index in [0.717, 1.165) is 11.8 Å². The van der Waals surface area contributed by atoms with Crippen LogP contribution in [-0.4, -0.2) is 0 Å². The number of benzene rings is 2. The van der Waals surface area contributed by atoms with E-state index in [9.17, 15) is 0 Å². The molecule has 1 saturated carbocycles. The van der Waals surface area contributed by atoms with Crippen LogP contribution >= 0.6 is 0 Å². The van der Waals surface area contributed by atoms with Gasteiger partial charge in [0.05, 0.1) is 0 Å². The van der Waals surface area contributed by atoms with Crippen molar-refractivity contribution in [3.05, 3.63) is 78.0 Å². The van der Waals surface area contributed by atoms with E-state index in [1.54, 1.807) is 0 Å². The molecule has 3 aromatic rings. The lowest BCUT2D eigenvalue weighted by Crippen LogP contribution is -2.30. The fraction of sp³-hybridized carbons (Fsp3) is 0.346. The topological polar surface area (TPSA) is 3.88 Å². The van der Waals surface area contributed by atoms with Crippen LogP contribution in [0.15, 0.2) is 66.9 Å². The van der Waals surface area contributed by atoms with E-state index in [2.05, 4.69) is 92.3 Å². The van der Waals surface area contributed by atoms with Gasteiger partial charge in [-0.2, -0.15) is 0 Å². The van der Waals surface area contributed by atoms with Gasteiger partial charge in [0.15, 0.2) is 6.20 Å². The average Bonchev–Trinajstić information content (AvgIpc) is 2.69.